The van der Waals surface area contributed by atoms with Gasteiger partial charge in [0.05, 0.1) is 13.2 Å². The number of ether oxygens (including phenoxy) is 2. The van der Waals surface area contributed by atoms with Crippen LogP contribution in [-0.4, -0.2) is 49.3 Å². The van der Waals surface area contributed by atoms with Crippen molar-refractivity contribution in [1.82, 2.24) is 0 Å². The summed E-state index contributed by atoms with van der Waals surface area (Å²) in [5, 5.41) is 0. The number of nitrogens with two attached hydrogens (primary N) is 1. The minimum atomic E-state index is -4.40. The zero-order chi connectivity index (χ0) is 67.2. The van der Waals surface area contributed by atoms with E-state index in [1.165, 1.54) is 270 Å². The van der Waals surface area contributed by atoms with Crippen molar-refractivity contribution in [3.63, 3.8) is 0 Å². The summed E-state index contributed by atoms with van der Waals surface area (Å²) in [6.07, 6.45) is 107. The number of carbonyl (C=O) groups is 2. The van der Waals surface area contributed by atoms with Crippen LogP contribution in [0.15, 0.2) is 97.2 Å². The SMILES string of the molecule is CC/C=C\C/C=C\C/C=C\C/C=C\C/C=C\CCCCCCCCCCCCCCCCCCCCCC(=O)OC(COC(=O)CCCCCCCCCCCCCCCCCCCCCCCC/C=C\C/C=C\C/C=C\CCCCCCC)COP(=O)(O)OCCN. The fraction of sp³-hybridized carbons (Fsp3) is 0.783. The van der Waals surface area contributed by atoms with Crippen molar-refractivity contribution in [3.05, 3.63) is 97.2 Å². The molecule has 0 aromatic rings. The Morgan fingerprint density at radius 1 is 0.333 bits per heavy atom. The smallest absolute Gasteiger partial charge is 0.462 e. The van der Waals surface area contributed by atoms with Gasteiger partial charge in [-0.15, -0.1) is 0 Å². The quantitative estimate of drug-likeness (QED) is 0.0264. The molecular weight excluding hydrogens is 1170 g/mol. The van der Waals surface area contributed by atoms with E-state index < -0.39 is 26.5 Å². The van der Waals surface area contributed by atoms with Crippen LogP contribution in [0.3, 0.4) is 0 Å². The lowest BCUT2D eigenvalue weighted by Gasteiger charge is -2.19. The van der Waals surface area contributed by atoms with Gasteiger partial charge in [-0.05, 0) is 96.3 Å². The molecular formula is C83H150NO8P. The van der Waals surface area contributed by atoms with Crippen LogP contribution in [0.2, 0.25) is 0 Å². The van der Waals surface area contributed by atoms with Crippen molar-refractivity contribution in [2.24, 2.45) is 5.73 Å². The van der Waals surface area contributed by atoms with Gasteiger partial charge >= 0.3 is 19.8 Å². The van der Waals surface area contributed by atoms with Crippen LogP contribution in [0.5, 0.6) is 0 Å². The Morgan fingerprint density at radius 2 is 0.591 bits per heavy atom. The summed E-state index contributed by atoms with van der Waals surface area (Å²) >= 11 is 0. The molecule has 2 atom stereocenters. The Labute approximate surface area is 576 Å². The van der Waals surface area contributed by atoms with Gasteiger partial charge in [-0.2, -0.15) is 0 Å². The van der Waals surface area contributed by atoms with Gasteiger partial charge in [0.1, 0.15) is 6.61 Å². The summed E-state index contributed by atoms with van der Waals surface area (Å²) in [5.41, 5.74) is 5.42. The van der Waals surface area contributed by atoms with Gasteiger partial charge in [0, 0.05) is 19.4 Å². The predicted octanol–water partition coefficient (Wildman–Crippen LogP) is 26.6. The monoisotopic (exact) mass is 1320 g/mol. The summed E-state index contributed by atoms with van der Waals surface area (Å²) in [4.78, 5) is 35.5. The van der Waals surface area contributed by atoms with Crippen LogP contribution in [0.4, 0.5) is 0 Å². The fourth-order valence-electron chi connectivity index (χ4n) is 11.6. The summed E-state index contributed by atoms with van der Waals surface area (Å²) in [6.45, 7) is 3.68. The third-order valence-electron chi connectivity index (χ3n) is 17.5. The molecule has 540 valence electrons. The molecule has 0 aliphatic rings. The second-order valence-corrected chi connectivity index (χ2v) is 28.0. The highest BCUT2D eigenvalue weighted by Gasteiger charge is 2.26. The van der Waals surface area contributed by atoms with Gasteiger partial charge in [-0.3, -0.25) is 18.6 Å². The first-order valence-electron chi connectivity index (χ1n) is 39.7. The maximum Gasteiger partial charge on any atom is 0.472 e. The summed E-state index contributed by atoms with van der Waals surface area (Å²) in [6, 6.07) is 0. The average Bonchev–Trinajstić information content (AvgIpc) is 3.70. The number of esters is 2. The molecule has 0 aliphatic heterocycles. The molecule has 2 unspecified atom stereocenters. The first-order valence-corrected chi connectivity index (χ1v) is 41.2. The molecule has 0 heterocycles. The van der Waals surface area contributed by atoms with Crippen molar-refractivity contribution in [3.8, 4) is 0 Å². The number of allylic oxidation sites excluding steroid dienone is 16. The largest absolute Gasteiger partial charge is 0.472 e. The number of phosphoric acid groups is 1. The van der Waals surface area contributed by atoms with E-state index in [0.717, 1.165) is 83.5 Å². The first-order chi connectivity index (χ1) is 45.8. The summed E-state index contributed by atoms with van der Waals surface area (Å²) < 4.78 is 33.3. The Hall–Kier alpha value is -3.07. The zero-order valence-electron chi connectivity index (χ0n) is 61.0. The molecule has 0 amide bonds. The standard InChI is InChI=1S/C83H150NO8P/c1-3-5-7-9-11-13-15-17-19-21-23-25-27-29-31-33-35-37-39-40-42-43-45-47-49-51-53-55-57-59-61-63-65-67-69-71-73-75-82(85)89-79-81(80-91-93(87,88)90-78-77-84)92-83(86)76-74-72-70-68-66-64-62-60-58-56-54-52-50-48-46-44-41-38-36-34-32-30-28-26-24-22-20-18-16-14-12-10-8-6-4-2/h6,8,12,14-15,17-18,20-21,23-24,26-27,29-30,32,81H,3-5,7,9-11,13,16,19,22,25,28,31,33-80,84H2,1-2H3,(H,87,88)/b8-6-,14-12-,17-15-,20-18-,23-21-,26-24-,29-27-,32-30-. The van der Waals surface area contributed by atoms with E-state index in [4.69, 9.17) is 24.3 Å². The third-order valence-corrected chi connectivity index (χ3v) is 18.4. The van der Waals surface area contributed by atoms with Crippen molar-refractivity contribution in [2.45, 2.75) is 392 Å². The third kappa shape index (κ3) is 77.8. The minimum Gasteiger partial charge on any atom is -0.462 e. The first kappa shape index (κ1) is 89.9. The maximum atomic E-state index is 12.8. The lowest BCUT2D eigenvalue weighted by molar-refractivity contribution is -0.161. The van der Waals surface area contributed by atoms with Gasteiger partial charge in [0.2, 0.25) is 0 Å². The predicted molar refractivity (Wildman–Crippen MR) is 404 cm³/mol. The molecule has 10 heteroatoms. The molecule has 9 nitrogen and oxygen atoms in total. The highest BCUT2D eigenvalue weighted by molar-refractivity contribution is 7.47. The summed E-state index contributed by atoms with van der Waals surface area (Å²) in [7, 11) is -4.40. The van der Waals surface area contributed by atoms with E-state index in [1.54, 1.807) is 0 Å². The van der Waals surface area contributed by atoms with Gasteiger partial charge < -0.3 is 20.1 Å². The highest BCUT2D eigenvalue weighted by atomic mass is 31.2. The van der Waals surface area contributed by atoms with E-state index in [-0.39, 0.29) is 38.6 Å². The number of unbranched alkanes of at least 4 members (excludes halogenated alkanes) is 46. The fourth-order valence-corrected chi connectivity index (χ4v) is 12.4. The molecule has 0 radical (unpaired) electrons. The maximum absolute atomic E-state index is 12.8. The van der Waals surface area contributed by atoms with E-state index >= 15 is 0 Å². The Balaban J connectivity index is 3.78. The molecule has 0 aromatic carbocycles. The zero-order valence-corrected chi connectivity index (χ0v) is 61.9. The molecule has 93 heavy (non-hydrogen) atoms. The van der Waals surface area contributed by atoms with Crippen LogP contribution in [0.1, 0.15) is 386 Å². The molecule has 0 aromatic heterocycles. The minimum absolute atomic E-state index is 0.0533. The van der Waals surface area contributed by atoms with Crippen LogP contribution >= 0.6 is 7.82 Å². The molecule has 0 fully saturated rings. The number of phosphoric ester groups is 1. The normalized spacial score (nSPS) is 13.4. The molecule has 0 saturated carbocycles. The molecule has 0 bridgehead atoms. The lowest BCUT2D eigenvalue weighted by Crippen LogP contribution is -2.29. The Kier molecular flexibility index (Phi) is 75.4. The van der Waals surface area contributed by atoms with Gasteiger partial charge in [-0.1, -0.05) is 374 Å². The number of carbonyl (C=O) groups excluding carboxylic acids is 2. The number of hydrogen-bond acceptors (Lipinski definition) is 8. The van der Waals surface area contributed by atoms with Gasteiger partial charge in [0.15, 0.2) is 6.10 Å². The average molecular weight is 1320 g/mol. The van der Waals surface area contributed by atoms with E-state index in [1.807, 2.05) is 0 Å². The second kappa shape index (κ2) is 77.9. The molecule has 3 N–H and O–H groups in total. The van der Waals surface area contributed by atoms with Gasteiger partial charge in [-0.25, -0.2) is 4.57 Å². The number of rotatable bonds is 75. The Bertz CT molecular complexity index is 1850. The van der Waals surface area contributed by atoms with Crippen LogP contribution < -0.4 is 5.73 Å². The molecule has 0 saturated heterocycles. The van der Waals surface area contributed by atoms with E-state index in [0.29, 0.717) is 6.42 Å². The van der Waals surface area contributed by atoms with Crippen LogP contribution in [-0.2, 0) is 32.7 Å². The molecule has 0 spiro atoms. The Morgan fingerprint density at radius 3 is 0.882 bits per heavy atom. The van der Waals surface area contributed by atoms with E-state index in [9.17, 15) is 19.0 Å². The van der Waals surface area contributed by atoms with Crippen LogP contribution in [0.25, 0.3) is 0 Å². The van der Waals surface area contributed by atoms with E-state index in [2.05, 4.69) is 111 Å². The van der Waals surface area contributed by atoms with Crippen molar-refractivity contribution in [1.29, 1.82) is 0 Å². The molecule has 0 rings (SSSR count). The number of hydrogen-bond donors (Lipinski definition) is 2. The molecule has 0 aliphatic carbocycles. The highest BCUT2D eigenvalue weighted by Crippen LogP contribution is 2.43. The summed E-state index contributed by atoms with van der Waals surface area (Å²) in [5.74, 6) is -0.809. The second-order valence-electron chi connectivity index (χ2n) is 26.6. The van der Waals surface area contributed by atoms with Gasteiger partial charge in [0.25, 0.3) is 0 Å². The van der Waals surface area contributed by atoms with Crippen LogP contribution in [0, 0.1) is 0 Å². The van der Waals surface area contributed by atoms with Crippen molar-refractivity contribution < 1.29 is 37.6 Å². The van der Waals surface area contributed by atoms with Crippen molar-refractivity contribution >= 4 is 19.8 Å². The topological polar surface area (TPSA) is 134 Å². The lowest BCUT2D eigenvalue weighted by atomic mass is 10.0. The van der Waals surface area contributed by atoms with Crippen molar-refractivity contribution in [2.75, 3.05) is 26.4 Å².